The lowest BCUT2D eigenvalue weighted by molar-refractivity contribution is -0.384. The van der Waals surface area contributed by atoms with Crippen molar-refractivity contribution in [2.75, 3.05) is 11.9 Å². The molecular weight excluding hydrogens is 247 g/mol. The Balaban J connectivity index is 2.19. The van der Waals surface area contributed by atoms with Gasteiger partial charge in [0.25, 0.3) is 5.69 Å². The summed E-state index contributed by atoms with van der Waals surface area (Å²) >= 11 is 0. The van der Waals surface area contributed by atoms with Crippen LogP contribution >= 0.6 is 0 Å². The van der Waals surface area contributed by atoms with Gasteiger partial charge < -0.3 is 5.32 Å². The average molecular weight is 266 g/mol. The lowest BCUT2D eigenvalue weighted by atomic mass is 9.89. The van der Waals surface area contributed by atoms with Crippen LogP contribution in [0.2, 0.25) is 0 Å². The second kappa shape index (κ2) is 5.15. The fraction of sp³-hybridized carbons (Fsp3) is 0.571. The molecule has 19 heavy (non-hydrogen) atoms. The molecule has 0 amide bonds. The normalized spacial score (nSPS) is 17.4. The number of nitro groups is 1. The SMILES string of the molecule is Cc1cc(NCC2(C)CCCC2)c([N+](=O)[O-])cc1F. The first kappa shape index (κ1) is 13.8. The molecule has 4 nitrogen and oxygen atoms in total. The summed E-state index contributed by atoms with van der Waals surface area (Å²) in [5.74, 6) is -0.538. The minimum absolute atomic E-state index is 0.190. The molecule has 1 aromatic rings. The van der Waals surface area contributed by atoms with Crippen LogP contribution in [0.4, 0.5) is 15.8 Å². The number of hydrogen-bond donors (Lipinski definition) is 1. The predicted octanol–water partition coefficient (Wildman–Crippen LogP) is 4.03. The van der Waals surface area contributed by atoms with E-state index >= 15 is 0 Å². The third-order valence-corrected chi connectivity index (χ3v) is 3.99. The Labute approximate surface area is 112 Å². The van der Waals surface area contributed by atoms with Gasteiger partial charge >= 0.3 is 0 Å². The highest BCUT2D eigenvalue weighted by Crippen LogP contribution is 2.38. The minimum atomic E-state index is -0.540. The van der Waals surface area contributed by atoms with Crippen LogP contribution in [-0.4, -0.2) is 11.5 Å². The number of nitro benzene ring substituents is 1. The third kappa shape index (κ3) is 3.03. The fourth-order valence-corrected chi connectivity index (χ4v) is 2.68. The Hall–Kier alpha value is -1.65. The fourth-order valence-electron chi connectivity index (χ4n) is 2.68. The van der Waals surface area contributed by atoms with Gasteiger partial charge in [-0.15, -0.1) is 0 Å². The summed E-state index contributed by atoms with van der Waals surface area (Å²) in [7, 11) is 0. The second-order valence-corrected chi connectivity index (χ2v) is 5.75. The Morgan fingerprint density at radius 2 is 2.05 bits per heavy atom. The van der Waals surface area contributed by atoms with Crippen LogP contribution in [0.1, 0.15) is 38.2 Å². The lowest BCUT2D eigenvalue weighted by Gasteiger charge is -2.24. The Bertz CT molecular complexity index is 496. The van der Waals surface area contributed by atoms with E-state index in [0.29, 0.717) is 17.8 Å². The Kier molecular flexibility index (Phi) is 3.73. The summed E-state index contributed by atoms with van der Waals surface area (Å²) in [4.78, 5) is 10.4. The van der Waals surface area contributed by atoms with Crippen molar-refractivity contribution in [3.63, 3.8) is 0 Å². The van der Waals surface area contributed by atoms with Crippen molar-refractivity contribution in [1.29, 1.82) is 0 Å². The smallest absolute Gasteiger partial charge is 0.295 e. The van der Waals surface area contributed by atoms with E-state index < -0.39 is 10.7 Å². The largest absolute Gasteiger partial charge is 0.379 e. The van der Waals surface area contributed by atoms with Gasteiger partial charge in [-0.2, -0.15) is 0 Å². The summed E-state index contributed by atoms with van der Waals surface area (Å²) in [5.41, 5.74) is 0.835. The molecule has 0 unspecified atom stereocenters. The van der Waals surface area contributed by atoms with Crippen LogP contribution in [0.5, 0.6) is 0 Å². The summed E-state index contributed by atoms with van der Waals surface area (Å²) in [6.45, 7) is 4.50. The molecule has 1 aliphatic rings. The Morgan fingerprint density at radius 1 is 1.42 bits per heavy atom. The van der Waals surface area contributed by atoms with E-state index in [1.165, 1.54) is 18.9 Å². The van der Waals surface area contributed by atoms with Crippen molar-refractivity contribution < 1.29 is 9.31 Å². The van der Waals surface area contributed by atoms with Gasteiger partial charge in [0.1, 0.15) is 11.5 Å². The van der Waals surface area contributed by atoms with Crippen molar-refractivity contribution in [3.05, 3.63) is 33.6 Å². The van der Waals surface area contributed by atoms with E-state index in [0.717, 1.165) is 18.9 Å². The van der Waals surface area contributed by atoms with Gasteiger partial charge in [-0.25, -0.2) is 4.39 Å². The maximum absolute atomic E-state index is 13.4. The van der Waals surface area contributed by atoms with Gasteiger partial charge in [-0.1, -0.05) is 19.8 Å². The molecule has 0 saturated heterocycles. The van der Waals surface area contributed by atoms with Gasteiger partial charge in [0, 0.05) is 6.54 Å². The van der Waals surface area contributed by atoms with Crippen molar-refractivity contribution in [2.45, 2.75) is 39.5 Å². The maximum Gasteiger partial charge on any atom is 0.295 e. The number of rotatable bonds is 4. The number of benzene rings is 1. The van der Waals surface area contributed by atoms with E-state index in [4.69, 9.17) is 0 Å². The molecule has 2 rings (SSSR count). The summed E-state index contributed by atoms with van der Waals surface area (Å²) in [6.07, 6.45) is 4.69. The van der Waals surface area contributed by atoms with Crippen LogP contribution in [0.25, 0.3) is 0 Å². The quantitative estimate of drug-likeness (QED) is 0.661. The van der Waals surface area contributed by atoms with Gasteiger partial charge in [0.2, 0.25) is 0 Å². The molecule has 1 N–H and O–H groups in total. The van der Waals surface area contributed by atoms with Crippen LogP contribution in [-0.2, 0) is 0 Å². The molecule has 0 atom stereocenters. The van der Waals surface area contributed by atoms with Crippen LogP contribution in [0.15, 0.2) is 12.1 Å². The highest BCUT2D eigenvalue weighted by molar-refractivity contribution is 5.63. The van der Waals surface area contributed by atoms with E-state index in [1.807, 2.05) is 0 Å². The van der Waals surface area contributed by atoms with E-state index in [1.54, 1.807) is 6.92 Å². The molecule has 5 heteroatoms. The summed E-state index contributed by atoms with van der Waals surface area (Å²) < 4.78 is 13.4. The molecule has 1 aromatic carbocycles. The average Bonchev–Trinajstić information content (AvgIpc) is 2.77. The van der Waals surface area contributed by atoms with Gasteiger partial charge in [0.05, 0.1) is 11.0 Å². The first-order valence-electron chi connectivity index (χ1n) is 6.60. The van der Waals surface area contributed by atoms with E-state index in [2.05, 4.69) is 12.2 Å². The molecule has 0 bridgehead atoms. The first-order valence-corrected chi connectivity index (χ1v) is 6.60. The molecule has 0 aromatic heterocycles. The number of anilines is 1. The molecule has 0 radical (unpaired) electrons. The molecule has 1 fully saturated rings. The van der Waals surface area contributed by atoms with E-state index in [-0.39, 0.29) is 11.1 Å². The number of nitrogens with zero attached hydrogens (tertiary/aromatic N) is 1. The second-order valence-electron chi connectivity index (χ2n) is 5.75. The summed E-state index contributed by atoms with van der Waals surface area (Å²) in [5, 5.41) is 14.1. The summed E-state index contributed by atoms with van der Waals surface area (Å²) in [6, 6.07) is 2.51. The molecule has 1 aliphatic carbocycles. The number of halogens is 1. The highest BCUT2D eigenvalue weighted by Gasteiger charge is 2.29. The number of nitrogens with one attached hydrogen (secondary N) is 1. The lowest BCUT2D eigenvalue weighted by Crippen LogP contribution is -2.23. The monoisotopic (exact) mass is 266 g/mol. The van der Waals surface area contributed by atoms with Gasteiger partial charge in [-0.05, 0) is 36.8 Å². The molecule has 104 valence electrons. The highest BCUT2D eigenvalue weighted by atomic mass is 19.1. The zero-order valence-corrected chi connectivity index (χ0v) is 11.3. The van der Waals surface area contributed by atoms with Crippen molar-refractivity contribution in [3.8, 4) is 0 Å². The van der Waals surface area contributed by atoms with Crippen molar-refractivity contribution in [1.82, 2.24) is 0 Å². The molecule has 0 heterocycles. The molecule has 0 aliphatic heterocycles. The number of hydrogen-bond acceptors (Lipinski definition) is 3. The van der Waals surface area contributed by atoms with Gasteiger partial charge in [-0.3, -0.25) is 10.1 Å². The number of aryl methyl sites for hydroxylation is 1. The predicted molar refractivity (Wildman–Crippen MR) is 72.9 cm³/mol. The molecule has 0 spiro atoms. The zero-order chi connectivity index (χ0) is 14.0. The molecular formula is C14H19FN2O2. The van der Waals surface area contributed by atoms with Crippen molar-refractivity contribution in [2.24, 2.45) is 5.41 Å². The molecule has 1 saturated carbocycles. The maximum atomic E-state index is 13.4. The topological polar surface area (TPSA) is 55.2 Å². The minimum Gasteiger partial charge on any atom is -0.379 e. The van der Waals surface area contributed by atoms with Crippen molar-refractivity contribution >= 4 is 11.4 Å². The van der Waals surface area contributed by atoms with Crippen LogP contribution < -0.4 is 5.32 Å². The van der Waals surface area contributed by atoms with Crippen LogP contribution in [0, 0.1) is 28.3 Å². The zero-order valence-electron chi connectivity index (χ0n) is 11.3. The standard InChI is InChI=1S/C14H19FN2O2/c1-10-7-12(13(17(18)19)8-11(10)15)16-9-14(2)5-3-4-6-14/h7-8,16H,3-6,9H2,1-2H3. The van der Waals surface area contributed by atoms with E-state index in [9.17, 15) is 14.5 Å². The third-order valence-electron chi connectivity index (χ3n) is 3.99. The van der Waals surface area contributed by atoms with Gasteiger partial charge in [0.15, 0.2) is 0 Å². The van der Waals surface area contributed by atoms with Crippen LogP contribution in [0.3, 0.4) is 0 Å². The first-order chi connectivity index (χ1) is 8.91. The Morgan fingerprint density at radius 3 is 2.63 bits per heavy atom.